The summed E-state index contributed by atoms with van der Waals surface area (Å²) in [5.74, 6) is -1.03. The summed E-state index contributed by atoms with van der Waals surface area (Å²) in [5.41, 5.74) is 0.216. The lowest BCUT2D eigenvalue weighted by Gasteiger charge is -2.27. The maximum atomic E-state index is 12.3. The third-order valence-electron chi connectivity index (χ3n) is 4.05. The van der Waals surface area contributed by atoms with E-state index in [0.717, 1.165) is 0 Å². The van der Waals surface area contributed by atoms with Crippen molar-refractivity contribution in [3.05, 3.63) is 35.4 Å². The summed E-state index contributed by atoms with van der Waals surface area (Å²) in [6.45, 7) is 3.83. The van der Waals surface area contributed by atoms with E-state index in [1.807, 2.05) is 0 Å². The molecule has 0 aliphatic carbocycles. The minimum absolute atomic E-state index is 0.169. The molecule has 2 amide bonds. The fourth-order valence-corrected chi connectivity index (χ4v) is 2.78. The van der Waals surface area contributed by atoms with E-state index < -0.39 is 5.60 Å². The maximum Gasteiger partial charge on any atom is 0.306 e. The zero-order chi connectivity index (χ0) is 14.5. The molecule has 2 aliphatic heterocycles. The monoisotopic (exact) mass is 273 g/mol. The van der Waals surface area contributed by atoms with Crippen molar-refractivity contribution in [1.82, 2.24) is 4.90 Å². The number of rotatable bonds is 2. The number of carbonyl (C=O) groups is 3. The molecule has 20 heavy (non-hydrogen) atoms. The molecular formula is C15H15NO4. The van der Waals surface area contributed by atoms with Crippen LogP contribution in [0.3, 0.4) is 0 Å². The van der Waals surface area contributed by atoms with Gasteiger partial charge >= 0.3 is 5.97 Å². The first-order valence-electron chi connectivity index (χ1n) is 6.57. The minimum atomic E-state index is -0.646. The molecule has 0 saturated carbocycles. The van der Waals surface area contributed by atoms with Gasteiger partial charge in [-0.25, -0.2) is 0 Å². The lowest BCUT2D eigenvalue weighted by Crippen LogP contribution is -2.40. The number of cyclic esters (lactones) is 1. The molecule has 0 aromatic heterocycles. The van der Waals surface area contributed by atoms with Crippen LogP contribution in [0.5, 0.6) is 0 Å². The Bertz CT molecular complexity index is 585. The Labute approximate surface area is 116 Å². The highest BCUT2D eigenvalue weighted by Crippen LogP contribution is 2.34. The van der Waals surface area contributed by atoms with Gasteiger partial charge in [-0.1, -0.05) is 12.1 Å². The van der Waals surface area contributed by atoms with E-state index in [1.54, 1.807) is 38.1 Å². The molecule has 0 spiro atoms. The normalized spacial score (nSPS) is 24.0. The first kappa shape index (κ1) is 12.8. The molecule has 2 heterocycles. The average Bonchev–Trinajstić information content (AvgIpc) is 2.78. The number of benzene rings is 1. The number of carbonyl (C=O) groups excluding carboxylic acids is 3. The molecule has 1 aromatic rings. The van der Waals surface area contributed by atoms with Gasteiger partial charge < -0.3 is 4.74 Å². The van der Waals surface area contributed by atoms with Gasteiger partial charge in [-0.3, -0.25) is 19.3 Å². The van der Waals surface area contributed by atoms with Crippen LogP contribution in [0.4, 0.5) is 0 Å². The molecule has 0 radical (unpaired) electrons. The highest BCUT2D eigenvalue weighted by molar-refractivity contribution is 6.21. The summed E-state index contributed by atoms with van der Waals surface area (Å²) >= 11 is 0. The molecular weight excluding hydrogens is 258 g/mol. The molecule has 2 aliphatic rings. The second-order valence-corrected chi connectivity index (χ2v) is 5.75. The van der Waals surface area contributed by atoms with E-state index in [0.29, 0.717) is 11.1 Å². The zero-order valence-electron chi connectivity index (χ0n) is 11.4. The van der Waals surface area contributed by atoms with E-state index in [1.165, 1.54) is 4.90 Å². The summed E-state index contributed by atoms with van der Waals surface area (Å²) in [4.78, 5) is 37.2. The van der Waals surface area contributed by atoms with Gasteiger partial charge in [-0.05, 0) is 26.0 Å². The molecule has 1 unspecified atom stereocenters. The average molecular weight is 273 g/mol. The number of fused-ring (bicyclic) bond motifs is 1. The van der Waals surface area contributed by atoms with Crippen molar-refractivity contribution in [3.8, 4) is 0 Å². The number of nitrogens with zero attached hydrogens (tertiary/aromatic N) is 1. The molecule has 0 bridgehead atoms. The van der Waals surface area contributed by atoms with Crippen LogP contribution in [-0.4, -0.2) is 34.8 Å². The van der Waals surface area contributed by atoms with Gasteiger partial charge in [0, 0.05) is 12.5 Å². The number of esters is 1. The van der Waals surface area contributed by atoms with E-state index in [9.17, 15) is 14.4 Å². The van der Waals surface area contributed by atoms with Crippen LogP contribution in [0.15, 0.2) is 24.3 Å². The second kappa shape index (κ2) is 4.16. The predicted octanol–water partition coefficient (Wildman–Crippen LogP) is 1.62. The van der Waals surface area contributed by atoms with E-state index in [-0.39, 0.29) is 36.7 Å². The Hall–Kier alpha value is -2.17. The van der Waals surface area contributed by atoms with Crippen molar-refractivity contribution in [1.29, 1.82) is 0 Å². The minimum Gasteiger partial charge on any atom is -0.459 e. The van der Waals surface area contributed by atoms with E-state index >= 15 is 0 Å². The molecule has 1 fully saturated rings. The second-order valence-electron chi connectivity index (χ2n) is 5.75. The van der Waals surface area contributed by atoms with Gasteiger partial charge in [0.1, 0.15) is 5.60 Å². The number of imide groups is 1. The molecule has 1 aromatic carbocycles. The number of ether oxygens (including phenoxy) is 1. The summed E-state index contributed by atoms with van der Waals surface area (Å²) in [7, 11) is 0. The van der Waals surface area contributed by atoms with Crippen LogP contribution < -0.4 is 0 Å². The molecule has 104 valence electrons. The molecule has 0 N–H and O–H groups in total. The fourth-order valence-electron chi connectivity index (χ4n) is 2.78. The van der Waals surface area contributed by atoms with Crippen molar-refractivity contribution in [2.75, 3.05) is 6.54 Å². The van der Waals surface area contributed by atoms with Crippen LogP contribution in [0.25, 0.3) is 0 Å². The van der Waals surface area contributed by atoms with Gasteiger partial charge in [0.25, 0.3) is 11.8 Å². The summed E-state index contributed by atoms with van der Waals surface area (Å²) in [6, 6.07) is 6.77. The molecule has 5 heteroatoms. The standard InChI is InChI=1S/C15H15NO4/c1-15(2)9(7-12(17)20-15)8-16-13(18)10-5-3-4-6-11(10)14(16)19/h3-6,9H,7-8H2,1-2H3. The Kier molecular flexibility index (Phi) is 2.67. The first-order chi connectivity index (χ1) is 9.40. The molecule has 5 nitrogen and oxygen atoms in total. The van der Waals surface area contributed by atoms with Crippen molar-refractivity contribution in [3.63, 3.8) is 0 Å². The van der Waals surface area contributed by atoms with Gasteiger partial charge in [-0.2, -0.15) is 0 Å². The highest BCUT2D eigenvalue weighted by Gasteiger charge is 2.45. The Morgan fingerprint density at radius 1 is 1.15 bits per heavy atom. The predicted molar refractivity (Wildman–Crippen MR) is 70.1 cm³/mol. The quantitative estimate of drug-likeness (QED) is 0.607. The summed E-state index contributed by atoms with van der Waals surface area (Å²) < 4.78 is 5.23. The zero-order valence-corrected chi connectivity index (χ0v) is 11.4. The summed E-state index contributed by atoms with van der Waals surface area (Å²) in [6.07, 6.45) is 0.237. The third-order valence-corrected chi connectivity index (χ3v) is 4.05. The van der Waals surface area contributed by atoms with Crippen molar-refractivity contribution in [2.45, 2.75) is 25.9 Å². The van der Waals surface area contributed by atoms with Crippen LogP contribution in [0, 0.1) is 5.92 Å². The fraction of sp³-hybridized carbons (Fsp3) is 0.400. The highest BCUT2D eigenvalue weighted by atomic mass is 16.6. The smallest absolute Gasteiger partial charge is 0.306 e. The van der Waals surface area contributed by atoms with Gasteiger partial charge in [0.05, 0.1) is 17.5 Å². The Morgan fingerprint density at radius 3 is 2.15 bits per heavy atom. The van der Waals surface area contributed by atoms with Crippen molar-refractivity contribution >= 4 is 17.8 Å². The molecule has 3 rings (SSSR count). The number of hydrogen-bond acceptors (Lipinski definition) is 4. The van der Waals surface area contributed by atoms with Gasteiger partial charge in [0.15, 0.2) is 0 Å². The Balaban J connectivity index is 1.86. The first-order valence-corrected chi connectivity index (χ1v) is 6.57. The summed E-state index contributed by atoms with van der Waals surface area (Å²) in [5, 5.41) is 0. The largest absolute Gasteiger partial charge is 0.459 e. The third kappa shape index (κ3) is 1.81. The van der Waals surface area contributed by atoms with E-state index in [2.05, 4.69) is 0 Å². The van der Waals surface area contributed by atoms with Crippen molar-refractivity contribution in [2.24, 2.45) is 5.92 Å². The topological polar surface area (TPSA) is 63.7 Å². The number of amides is 2. The maximum absolute atomic E-state index is 12.3. The van der Waals surface area contributed by atoms with Crippen LogP contribution in [0.1, 0.15) is 41.0 Å². The van der Waals surface area contributed by atoms with Gasteiger partial charge in [0.2, 0.25) is 0 Å². The van der Waals surface area contributed by atoms with E-state index in [4.69, 9.17) is 4.74 Å². The van der Waals surface area contributed by atoms with Crippen LogP contribution >= 0.6 is 0 Å². The Morgan fingerprint density at radius 2 is 1.70 bits per heavy atom. The van der Waals surface area contributed by atoms with Crippen LogP contribution in [0.2, 0.25) is 0 Å². The lowest BCUT2D eigenvalue weighted by atomic mass is 9.90. The molecule has 1 saturated heterocycles. The lowest BCUT2D eigenvalue weighted by molar-refractivity contribution is -0.146. The van der Waals surface area contributed by atoms with Crippen LogP contribution in [-0.2, 0) is 9.53 Å². The molecule has 1 atom stereocenters. The number of hydrogen-bond donors (Lipinski definition) is 0. The van der Waals surface area contributed by atoms with Crippen molar-refractivity contribution < 1.29 is 19.1 Å². The van der Waals surface area contributed by atoms with Gasteiger partial charge in [-0.15, -0.1) is 0 Å². The SMILES string of the molecule is CC1(C)OC(=O)CC1CN1C(=O)c2ccccc2C1=O.